The summed E-state index contributed by atoms with van der Waals surface area (Å²) in [5.74, 6) is 0. The molecule has 0 saturated carbocycles. The number of aryl methyl sites for hydroxylation is 6. The molecule has 0 aromatic heterocycles. The van der Waals surface area contributed by atoms with Gasteiger partial charge < -0.3 is 0 Å². The highest BCUT2D eigenvalue weighted by Gasteiger charge is 2.09. The van der Waals surface area contributed by atoms with Crippen molar-refractivity contribution >= 4 is 0 Å². The molecule has 0 nitrogen and oxygen atoms in total. The molecule has 0 heteroatoms. The van der Waals surface area contributed by atoms with Crippen molar-refractivity contribution in [1.82, 2.24) is 0 Å². The molecule has 0 radical (unpaired) electrons. The van der Waals surface area contributed by atoms with Gasteiger partial charge in [-0.15, -0.1) is 104 Å². The molecule has 0 saturated heterocycles. The van der Waals surface area contributed by atoms with Gasteiger partial charge in [-0.3, -0.25) is 0 Å². The van der Waals surface area contributed by atoms with Gasteiger partial charge in [0.1, 0.15) is 0 Å². The van der Waals surface area contributed by atoms with Gasteiger partial charge in [-0.1, -0.05) is 40.5 Å². The van der Waals surface area contributed by atoms with E-state index in [4.69, 9.17) is 0 Å². The van der Waals surface area contributed by atoms with Crippen molar-refractivity contribution in [3.8, 4) is 22.3 Å². The Balaban J connectivity index is 1.66. The third-order valence-electron chi connectivity index (χ3n) is 5.55. The Hall–Kier alpha value is -2.34. The summed E-state index contributed by atoms with van der Waals surface area (Å²) in [4.78, 5) is 0. The summed E-state index contributed by atoms with van der Waals surface area (Å²) in [6.07, 6.45) is 2.22. The lowest BCUT2D eigenvalue weighted by Gasteiger charge is -2.21. The summed E-state index contributed by atoms with van der Waals surface area (Å²) in [7, 11) is 0. The Morgan fingerprint density at radius 2 is 1.04 bits per heavy atom. The molecule has 0 aromatic rings. The number of rotatable bonds is 3. The number of hydrogen-bond acceptors (Lipinski definition) is 0. The topological polar surface area (TPSA) is 0 Å². The smallest absolute Gasteiger partial charge is 0.0566 e. The van der Waals surface area contributed by atoms with E-state index in [-0.39, 0.29) is 0 Å². The first-order chi connectivity index (χ1) is 11.6. The van der Waals surface area contributed by atoms with Crippen molar-refractivity contribution in [2.24, 2.45) is 0 Å². The second-order valence-electron chi connectivity index (χ2n) is 7.19. The monoisotopic (exact) mass is 312 g/mol. The first-order valence-electron chi connectivity index (χ1n) is 8.85. The van der Waals surface area contributed by atoms with Crippen LogP contribution in [0.4, 0.5) is 0 Å². The Morgan fingerprint density at radius 1 is 0.625 bits per heavy atom. The van der Waals surface area contributed by atoms with E-state index in [1.54, 1.807) is 0 Å². The van der Waals surface area contributed by atoms with E-state index < -0.39 is 0 Å². The van der Waals surface area contributed by atoms with Crippen molar-refractivity contribution in [1.29, 1.82) is 0 Å². The third-order valence-corrected chi connectivity index (χ3v) is 5.55. The van der Waals surface area contributed by atoms with Crippen molar-refractivity contribution in [3.63, 3.8) is 0 Å². The zero-order chi connectivity index (χ0) is 16.8. The molecule has 0 aromatic carbocycles. The van der Waals surface area contributed by atoms with Gasteiger partial charge in [0.05, 0.1) is 0 Å². The van der Waals surface area contributed by atoms with E-state index in [1.165, 1.54) is 55.6 Å². The second-order valence-corrected chi connectivity index (χ2v) is 7.19. The van der Waals surface area contributed by atoms with Gasteiger partial charge in [-0.2, -0.15) is 0 Å². The molecule has 0 fully saturated rings. The predicted molar refractivity (Wildman–Crippen MR) is 104 cm³/mol. The zero-order valence-electron chi connectivity index (χ0n) is 15.0. The molecule has 4 aliphatic rings. The predicted octanol–water partition coefficient (Wildman–Crippen LogP) is 6.35. The van der Waals surface area contributed by atoms with Crippen LogP contribution in [0.5, 0.6) is 0 Å². The molecule has 122 valence electrons. The van der Waals surface area contributed by atoms with Crippen LogP contribution in [0.25, 0.3) is 22.3 Å². The molecule has 0 amide bonds. The van der Waals surface area contributed by atoms with Crippen LogP contribution in [0.3, 0.4) is 0 Å². The minimum Gasteiger partial charge on any atom is -0.142 e. The summed E-state index contributed by atoms with van der Waals surface area (Å²) >= 11 is 0. The van der Waals surface area contributed by atoms with Crippen LogP contribution < -0.4 is 0 Å². The summed E-state index contributed by atoms with van der Waals surface area (Å²) in [6, 6.07) is 18.2. The number of hydrogen-bond donors (Lipinski definition) is 0. The minimum absolute atomic E-state index is 1.11. The summed E-state index contributed by atoms with van der Waals surface area (Å²) < 4.78 is 0. The van der Waals surface area contributed by atoms with Gasteiger partial charge in [0.25, 0.3) is 0 Å². The fourth-order valence-corrected chi connectivity index (χ4v) is 4.17. The lowest BCUT2D eigenvalue weighted by atomic mass is 9.92. The number of benzene rings is 2. The van der Waals surface area contributed by atoms with Crippen LogP contribution >= 0.6 is 0 Å². The molecule has 24 heavy (non-hydrogen) atoms. The van der Waals surface area contributed by atoms with E-state index in [9.17, 15) is 0 Å². The van der Waals surface area contributed by atoms with E-state index in [1.807, 2.05) is 0 Å². The quantitative estimate of drug-likeness (QED) is 0.386. The molecule has 0 atom stereocenters. The lowest BCUT2D eigenvalue weighted by molar-refractivity contribution is 0.970. The first-order valence-corrected chi connectivity index (χ1v) is 8.85. The molecule has 0 bridgehead atoms. The molecule has 0 heterocycles. The number of fused-ring (bicyclic) bond motifs is 2. The van der Waals surface area contributed by atoms with Crippen LogP contribution in [-0.2, 0) is 12.8 Å². The highest BCUT2D eigenvalue weighted by molar-refractivity contribution is 5.79. The maximum Gasteiger partial charge on any atom is -0.0566 e. The Labute approximate surface area is 145 Å². The zero-order valence-corrected chi connectivity index (χ0v) is 15.0. The van der Waals surface area contributed by atoms with Crippen LogP contribution in [0, 0.1) is 27.7 Å². The highest BCUT2D eigenvalue weighted by atomic mass is 14.2. The van der Waals surface area contributed by atoms with Crippen LogP contribution in [0.1, 0.15) is 33.4 Å². The Kier molecular flexibility index (Phi) is 3.57. The summed E-state index contributed by atoms with van der Waals surface area (Å²) in [5, 5.41) is 0. The minimum atomic E-state index is 1.11. The van der Waals surface area contributed by atoms with Gasteiger partial charge >= 0.3 is 0 Å². The average Bonchev–Trinajstić information content (AvgIpc) is 3.18. The van der Waals surface area contributed by atoms with E-state index in [2.05, 4.69) is 76.2 Å². The first kappa shape index (κ1) is 15.2. The molecule has 0 spiro atoms. The standard InChI is InChI=1S/C24H24/c1-15-5-7-17(3)23-19(11-13-21(15)23)9-10-20-12-14-22-16(2)6-8-18(4)24(20)22/h5-8,11-14H,9-10H2,1-4H3/q-2. The van der Waals surface area contributed by atoms with E-state index in [0.717, 1.165) is 12.8 Å². The summed E-state index contributed by atoms with van der Waals surface area (Å²) in [6.45, 7) is 8.89. The van der Waals surface area contributed by atoms with Gasteiger partial charge in [-0.05, 0) is 0 Å². The normalized spacial score (nSPS) is 11.7. The van der Waals surface area contributed by atoms with Crippen LogP contribution in [-0.4, -0.2) is 0 Å². The SMILES string of the molecule is Cc1cc[c-](C)c2c(CCc3ccc4c(C)cc[c-](C)c3-4)ccc1-2. The molecule has 4 aliphatic carbocycles. The molecular formula is C24H24-2. The van der Waals surface area contributed by atoms with Crippen molar-refractivity contribution in [3.05, 3.63) is 81.9 Å². The van der Waals surface area contributed by atoms with Gasteiger partial charge in [0.2, 0.25) is 0 Å². The molecule has 0 unspecified atom stereocenters. The molecule has 4 rings (SSSR count). The molecule has 0 aliphatic heterocycles. The maximum absolute atomic E-state index is 2.33. The fraction of sp³-hybridized carbons (Fsp3) is 0.250. The molecule has 0 N–H and O–H groups in total. The van der Waals surface area contributed by atoms with E-state index in [0.29, 0.717) is 0 Å². The van der Waals surface area contributed by atoms with Crippen molar-refractivity contribution in [2.45, 2.75) is 40.5 Å². The second kappa shape index (κ2) is 5.63. The molecular weight excluding hydrogens is 288 g/mol. The third kappa shape index (κ3) is 2.29. The van der Waals surface area contributed by atoms with E-state index >= 15 is 0 Å². The average molecular weight is 312 g/mol. The van der Waals surface area contributed by atoms with Gasteiger partial charge in [-0.25, -0.2) is 0 Å². The maximum atomic E-state index is 2.33. The summed E-state index contributed by atoms with van der Waals surface area (Å²) in [5.41, 5.74) is 14.3. The van der Waals surface area contributed by atoms with Crippen LogP contribution in [0.2, 0.25) is 0 Å². The van der Waals surface area contributed by atoms with Gasteiger partial charge in [0, 0.05) is 0 Å². The Morgan fingerprint density at radius 3 is 1.46 bits per heavy atom. The highest BCUT2D eigenvalue weighted by Crippen LogP contribution is 2.37. The lowest BCUT2D eigenvalue weighted by Crippen LogP contribution is -1.96. The Bertz CT molecular complexity index is 865. The fourth-order valence-electron chi connectivity index (χ4n) is 4.17. The van der Waals surface area contributed by atoms with Gasteiger partial charge in [0.15, 0.2) is 0 Å². The largest absolute Gasteiger partial charge is 0.142 e. The van der Waals surface area contributed by atoms with Crippen molar-refractivity contribution < 1.29 is 0 Å². The van der Waals surface area contributed by atoms with Crippen LogP contribution in [0.15, 0.2) is 48.5 Å². The van der Waals surface area contributed by atoms with Crippen molar-refractivity contribution in [2.75, 3.05) is 0 Å².